The van der Waals surface area contributed by atoms with Gasteiger partial charge in [-0.25, -0.2) is 26.5 Å². The molecule has 12 heteroatoms. The van der Waals surface area contributed by atoms with Crippen LogP contribution in [-0.2, 0) is 31.2 Å². The summed E-state index contributed by atoms with van der Waals surface area (Å²) in [4.78, 5) is 17.5. The SMILES string of the molecule is COc1ccc(-c2sc(NC(=O)C(C)(C)C)nc2C)cc1S(=O)(=O)NCc1cccc(S(C)(=O)=O)c1. The monoisotopic (exact) mass is 551 g/mol. The Kier molecular flexibility index (Phi) is 7.94. The van der Waals surface area contributed by atoms with E-state index in [9.17, 15) is 21.6 Å². The number of aromatic nitrogens is 1. The Morgan fingerprint density at radius 1 is 1.08 bits per heavy atom. The van der Waals surface area contributed by atoms with Crippen molar-refractivity contribution in [3.8, 4) is 16.2 Å². The first-order valence-electron chi connectivity index (χ1n) is 10.9. The molecule has 0 unspecified atom stereocenters. The number of amides is 1. The smallest absolute Gasteiger partial charge is 0.244 e. The third kappa shape index (κ3) is 6.49. The van der Waals surface area contributed by atoms with Crippen molar-refractivity contribution in [1.82, 2.24) is 9.71 Å². The number of sulfone groups is 1. The molecule has 1 amide bonds. The molecule has 0 fully saturated rings. The number of thiazole rings is 1. The van der Waals surface area contributed by atoms with E-state index in [-0.39, 0.29) is 28.0 Å². The highest BCUT2D eigenvalue weighted by Gasteiger charge is 2.24. The first-order chi connectivity index (χ1) is 16.6. The summed E-state index contributed by atoms with van der Waals surface area (Å²) >= 11 is 1.25. The van der Waals surface area contributed by atoms with E-state index in [0.29, 0.717) is 26.8 Å². The molecule has 36 heavy (non-hydrogen) atoms. The van der Waals surface area contributed by atoms with Crippen LogP contribution < -0.4 is 14.8 Å². The van der Waals surface area contributed by atoms with E-state index in [1.54, 1.807) is 52.0 Å². The van der Waals surface area contributed by atoms with Gasteiger partial charge in [0.15, 0.2) is 15.0 Å². The minimum atomic E-state index is -4.03. The van der Waals surface area contributed by atoms with Crippen molar-refractivity contribution in [2.24, 2.45) is 5.41 Å². The van der Waals surface area contributed by atoms with Gasteiger partial charge in [0, 0.05) is 18.2 Å². The molecule has 1 heterocycles. The first-order valence-corrected chi connectivity index (χ1v) is 15.1. The van der Waals surface area contributed by atoms with Gasteiger partial charge in [0.1, 0.15) is 10.6 Å². The minimum Gasteiger partial charge on any atom is -0.495 e. The molecule has 9 nitrogen and oxygen atoms in total. The molecule has 2 aromatic carbocycles. The number of nitrogens with zero attached hydrogens (tertiary/aromatic N) is 1. The summed E-state index contributed by atoms with van der Waals surface area (Å²) in [5, 5.41) is 3.23. The number of carbonyl (C=O) groups is 1. The van der Waals surface area contributed by atoms with Crippen molar-refractivity contribution >= 4 is 42.2 Å². The van der Waals surface area contributed by atoms with Crippen LogP contribution in [0.3, 0.4) is 0 Å². The Morgan fingerprint density at radius 3 is 2.39 bits per heavy atom. The highest BCUT2D eigenvalue weighted by Crippen LogP contribution is 2.37. The van der Waals surface area contributed by atoms with Gasteiger partial charge in [0.05, 0.1) is 22.6 Å². The highest BCUT2D eigenvalue weighted by atomic mass is 32.2. The quantitative estimate of drug-likeness (QED) is 0.433. The number of nitrogens with one attached hydrogen (secondary N) is 2. The van der Waals surface area contributed by atoms with Crippen LogP contribution in [-0.4, -0.2) is 41.1 Å². The summed E-state index contributed by atoms with van der Waals surface area (Å²) in [5.74, 6) is -0.0236. The molecular weight excluding hydrogens is 522 g/mol. The fraction of sp³-hybridized carbons (Fsp3) is 0.333. The lowest BCUT2D eigenvalue weighted by molar-refractivity contribution is -0.123. The summed E-state index contributed by atoms with van der Waals surface area (Å²) in [7, 11) is -6.08. The minimum absolute atomic E-state index is 0.0742. The molecule has 2 N–H and O–H groups in total. The maximum Gasteiger partial charge on any atom is 0.244 e. The zero-order chi connectivity index (χ0) is 26.9. The molecule has 3 aromatic rings. The third-order valence-corrected chi connectivity index (χ3v) is 8.86. The Hall–Kier alpha value is -2.80. The summed E-state index contributed by atoms with van der Waals surface area (Å²) in [6.45, 7) is 7.07. The lowest BCUT2D eigenvalue weighted by Gasteiger charge is -2.15. The number of methoxy groups -OCH3 is 1. The molecule has 0 spiro atoms. The van der Waals surface area contributed by atoms with E-state index < -0.39 is 25.3 Å². The second kappa shape index (κ2) is 10.3. The normalized spacial score (nSPS) is 12.4. The summed E-state index contributed by atoms with van der Waals surface area (Å²) in [6.07, 6.45) is 1.09. The van der Waals surface area contributed by atoms with Gasteiger partial charge in [-0.2, -0.15) is 0 Å². The summed E-state index contributed by atoms with van der Waals surface area (Å²) in [5.41, 5.74) is 1.15. The van der Waals surface area contributed by atoms with Crippen molar-refractivity contribution in [3.05, 3.63) is 53.7 Å². The van der Waals surface area contributed by atoms with Gasteiger partial charge in [-0.3, -0.25) is 4.79 Å². The number of ether oxygens (including phenoxy) is 1. The number of benzene rings is 2. The van der Waals surface area contributed by atoms with Crippen molar-refractivity contribution < 1.29 is 26.4 Å². The molecular formula is C24H29N3O6S3. The number of carbonyl (C=O) groups excluding carboxylic acids is 1. The molecule has 0 aliphatic heterocycles. The summed E-state index contributed by atoms with van der Waals surface area (Å²) < 4.78 is 57.9. The van der Waals surface area contributed by atoms with Crippen LogP contribution in [0.4, 0.5) is 5.13 Å². The van der Waals surface area contributed by atoms with Crippen LogP contribution in [0.25, 0.3) is 10.4 Å². The molecule has 1 aromatic heterocycles. The first kappa shape index (κ1) is 27.8. The number of hydrogen-bond donors (Lipinski definition) is 2. The van der Waals surface area contributed by atoms with Gasteiger partial charge in [-0.05, 0) is 48.4 Å². The van der Waals surface area contributed by atoms with Crippen molar-refractivity contribution in [3.63, 3.8) is 0 Å². The fourth-order valence-electron chi connectivity index (χ4n) is 3.17. The molecule has 0 aliphatic carbocycles. The van der Waals surface area contributed by atoms with Crippen LogP contribution in [0, 0.1) is 12.3 Å². The largest absolute Gasteiger partial charge is 0.495 e. The second-order valence-electron chi connectivity index (χ2n) is 9.25. The zero-order valence-electron chi connectivity index (χ0n) is 20.9. The number of sulfonamides is 1. The predicted octanol–water partition coefficient (Wildman–Crippen LogP) is 3.99. The lowest BCUT2D eigenvalue weighted by Crippen LogP contribution is -2.27. The number of anilines is 1. The molecule has 0 aliphatic rings. The van der Waals surface area contributed by atoms with Gasteiger partial charge in [-0.15, -0.1) is 0 Å². The highest BCUT2D eigenvalue weighted by molar-refractivity contribution is 7.90. The standard InChI is InChI=1S/C24H29N3O6S3/c1-15-21(34-23(26-15)27-22(28)24(2,3)4)17-10-11-19(33-5)20(13-17)36(31,32)25-14-16-8-7-9-18(12-16)35(6,29)30/h7-13,25H,14H2,1-6H3,(H,26,27,28). The average Bonchev–Trinajstić information content (AvgIpc) is 3.16. The van der Waals surface area contributed by atoms with E-state index in [1.807, 2.05) is 0 Å². The van der Waals surface area contributed by atoms with Crippen molar-refractivity contribution in [2.45, 2.75) is 44.0 Å². The maximum absolute atomic E-state index is 13.2. The lowest BCUT2D eigenvalue weighted by atomic mass is 9.96. The van der Waals surface area contributed by atoms with E-state index in [2.05, 4.69) is 15.0 Å². The van der Waals surface area contributed by atoms with Gasteiger partial charge in [-0.1, -0.05) is 44.2 Å². The van der Waals surface area contributed by atoms with Gasteiger partial charge in [0.2, 0.25) is 15.9 Å². The Balaban J connectivity index is 1.91. The molecule has 194 valence electrons. The van der Waals surface area contributed by atoms with Gasteiger partial charge in [0.25, 0.3) is 0 Å². The van der Waals surface area contributed by atoms with Crippen molar-refractivity contribution in [1.29, 1.82) is 0 Å². The summed E-state index contributed by atoms with van der Waals surface area (Å²) in [6, 6.07) is 10.9. The molecule has 3 rings (SSSR count). The topological polar surface area (TPSA) is 132 Å². The van der Waals surface area contributed by atoms with E-state index in [1.165, 1.54) is 36.6 Å². The molecule has 0 saturated carbocycles. The average molecular weight is 552 g/mol. The Morgan fingerprint density at radius 2 is 1.78 bits per heavy atom. The molecule has 0 bridgehead atoms. The Labute approximate surface area is 215 Å². The van der Waals surface area contributed by atoms with E-state index >= 15 is 0 Å². The van der Waals surface area contributed by atoms with Crippen LogP contribution in [0.5, 0.6) is 5.75 Å². The Bertz CT molecular complexity index is 1500. The van der Waals surface area contributed by atoms with Gasteiger partial charge < -0.3 is 10.1 Å². The third-order valence-electron chi connectivity index (χ3n) is 5.21. The van der Waals surface area contributed by atoms with Gasteiger partial charge >= 0.3 is 0 Å². The van der Waals surface area contributed by atoms with Crippen LogP contribution in [0.2, 0.25) is 0 Å². The van der Waals surface area contributed by atoms with Crippen LogP contribution in [0.15, 0.2) is 52.3 Å². The fourth-order valence-corrected chi connectivity index (χ4v) is 6.03. The van der Waals surface area contributed by atoms with E-state index in [4.69, 9.17) is 4.74 Å². The maximum atomic E-state index is 13.2. The number of rotatable bonds is 8. The predicted molar refractivity (Wildman–Crippen MR) is 141 cm³/mol. The zero-order valence-corrected chi connectivity index (χ0v) is 23.3. The van der Waals surface area contributed by atoms with E-state index in [0.717, 1.165) is 6.26 Å². The second-order valence-corrected chi connectivity index (χ2v) is 14.0. The van der Waals surface area contributed by atoms with Crippen LogP contribution >= 0.6 is 11.3 Å². The number of aryl methyl sites for hydroxylation is 1. The molecule has 0 saturated heterocycles. The molecule has 0 atom stereocenters. The number of hydrogen-bond acceptors (Lipinski definition) is 8. The van der Waals surface area contributed by atoms with Crippen LogP contribution in [0.1, 0.15) is 32.0 Å². The van der Waals surface area contributed by atoms with Crippen molar-refractivity contribution in [2.75, 3.05) is 18.7 Å². The molecule has 0 radical (unpaired) electrons.